The van der Waals surface area contributed by atoms with Gasteiger partial charge < -0.3 is 20.3 Å². The molecule has 1 unspecified atom stereocenters. The molecule has 1 aromatic heterocycles. The third-order valence-corrected chi connectivity index (χ3v) is 8.34. The third kappa shape index (κ3) is 5.17. The Morgan fingerprint density at radius 2 is 1.64 bits per heavy atom. The first kappa shape index (κ1) is 24.5. The van der Waals surface area contributed by atoms with Crippen LogP contribution in [0, 0.1) is 0 Å². The van der Waals surface area contributed by atoms with E-state index in [1.807, 2.05) is 35.2 Å². The minimum atomic E-state index is -3.68. The maximum atomic E-state index is 13.2. The zero-order valence-corrected chi connectivity index (χ0v) is 21.0. The van der Waals surface area contributed by atoms with Crippen LogP contribution in [0.25, 0.3) is 0 Å². The molecule has 2 aromatic carbocycles. The second kappa shape index (κ2) is 10.1. The molecule has 1 amide bonds. The highest BCUT2D eigenvalue weighted by atomic mass is 35.5. The van der Waals surface area contributed by atoms with Gasteiger partial charge in [0.05, 0.1) is 4.90 Å². The number of rotatable bonds is 6. The van der Waals surface area contributed by atoms with Gasteiger partial charge in [-0.15, -0.1) is 0 Å². The van der Waals surface area contributed by atoms with Crippen molar-refractivity contribution >= 4 is 39.0 Å². The molecule has 0 spiro atoms. The van der Waals surface area contributed by atoms with Gasteiger partial charge in [-0.25, -0.2) is 13.4 Å². The average molecular weight is 528 g/mol. The molecular formula is C25H26ClN5O4S. The summed E-state index contributed by atoms with van der Waals surface area (Å²) in [4.78, 5) is 20.3. The summed E-state index contributed by atoms with van der Waals surface area (Å²) in [6.45, 7) is 1.94. The fourth-order valence-electron chi connectivity index (χ4n) is 4.40. The molecule has 0 radical (unpaired) electrons. The van der Waals surface area contributed by atoms with Crippen LogP contribution in [0.1, 0.15) is 6.42 Å². The van der Waals surface area contributed by atoms with Gasteiger partial charge in [0.1, 0.15) is 22.5 Å². The quantitative estimate of drug-likeness (QED) is 0.490. The van der Waals surface area contributed by atoms with Crippen molar-refractivity contribution in [2.24, 2.45) is 5.73 Å². The predicted molar refractivity (Wildman–Crippen MR) is 138 cm³/mol. The number of anilines is 2. The fraction of sp³-hybridized carbons (Fsp3) is 0.280. The van der Waals surface area contributed by atoms with E-state index in [1.165, 1.54) is 4.31 Å². The minimum absolute atomic E-state index is 0.0545. The van der Waals surface area contributed by atoms with Gasteiger partial charge in [-0.1, -0.05) is 29.8 Å². The molecule has 2 aliphatic rings. The first-order valence-electron chi connectivity index (χ1n) is 11.6. The van der Waals surface area contributed by atoms with Crippen LogP contribution in [0.3, 0.4) is 0 Å². The van der Waals surface area contributed by atoms with Crippen LogP contribution < -0.4 is 20.3 Å². The number of carbonyl (C=O) groups is 1. The minimum Gasteiger partial charge on any atom is -0.457 e. The van der Waals surface area contributed by atoms with Gasteiger partial charge in [0.2, 0.25) is 15.9 Å². The van der Waals surface area contributed by atoms with E-state index in [0.717, 1.165) is 0 Å². The van der Waals surface area contributed by atoms with Gasteiger partial charge >= 0.3 is 0 Å². The maximum absolute atomic E-state index is 13.2. The van der Waals surface area contributed by atoms with Gasteiger partial charge in [0, 0.05) is 63.0 Å². The van der Waals surface area contributed by atoms with Crippen LogP contribution in [0.15, 0.2) is 71.6 Å². The molecule has 9 nitrogen and oxygen atoms in total. The lowest BCUT2D eigenvalue weighted by molar-refractivity contribution is -0.117. The first-order valence-corrected chi connectivity index (χ1v) is 13.4. The van der Waals surface area contributed by atoms with Gasteiger partial charge in [0.15, 0.2) is 0 Å². The van der Waals surface area contributed by atoms with Gasteiger partial charge in [0.25, 0.3) is 0 Å². The molecule has 1 atom stereocenters. The predicted octanol–water partition coefficient (Wildman–Crippen LogP) is 3.10. The van der Waals surface area contributed by atoms with E-state index in [9.17, 15) is 13.2 Å². The van der Waals surface area contributed by atoms with E-state index in [1.54, 1.807) is 41.3 Å². The first-order chi connectivity index (χ1) is 17.3. The third-order valence-electron chi connectivity index (χ3n) is 6.24. The van der Waals surface area contributed by atoms with Crippen LogP contribution >= 0.6 is 11.6 Å². The van der Waals surface area contributed by atoms with Crippen LogP contribution in [0.4, 0.5) is 11.5 Å². The smallest absolute Gasteiger partial charge is 0.243 e. The van der Waals surface area contributed by atoms with Crippen molar-refractivity contribution in [3.05, 3.63) is 71.9 Å². The van der Waals surface area contributed by atoms with Crippen LogP contribution in [0.2, 0.25) is 5.15 Å². The molecule has 0 saturated carbocycles. The van der Waals surface area contributed by atoms with E-state index >= 15 is 0 Å². The molecule has 2 N–H and O–H groups in total. The summed E-state index contributed by atoms with van der Waals surface area (Å²) >= 11 is 6.24. The summed E-state index contributed by atoms with van der Waals surface area (Å²) < 4.78 is 33.8. The van der Waals surface area contributed by atoms with Crippen molar-refractivity contribution in [3.63, 3.8) is 0 Å². The molecule has 11 heteroatoms. The number of hydrogen-bond donors (Lipinski definition) is 1. The monoisotopic (exact) mass is 527 g/mol. The second-order valence-corrected chi connectivity index (χ2v) is 11.1. The summed E-state index contributed by atoms with van der Waals surface area (Å²) in [5.41, 5.74) is 6.52. The normalized spacial score (nSPS) is 19.1. The SMILES string of the molecule is NC1CC(=O)N(c2ccc(S(=O)(=O)N3CCN(c4cc(Oc5ccccc5)cc(Cl)n4)CC3)cc2)C1. The Kier molecular flexibility index (Phi) is 6.85. The number of hydrogen-bond acceptors (Lipinski definition) is 7. The van der Waals surface area contributed by atoms with Crippen LogP contribution in [0.5, 0.6) is 11.5 Å². The van der Waals surface area contributed by atoms with E-state index < -0.39 is 10.0 Å². The van der Waals surface area contributed by atoms with Crippen molar-refractivity contribution in [1.29, 1.82) is 0 Å². The number of piperazine rings is 1. The summed E-state index contributed by atoms with van der Waals surface area (Å²) in [5, 5.41) is 0.297. The number of nitrogens with zero attached hydrogens (tertiary/aromatic N) is 4. The number of sulfonamides is 1. The number of ether oxygens (including phenoxy) is 1. The van der Waals surface area contributed by atoms with Crippen molar-refractivity contribution in [2.45, 2.75) is 17.4 Å². The summed E-state index contributed by atoms with van der Waals surface area (Å²) in [5.74, 6) is 1.82. The zero-order chi connectivity index (χ0) is 25.3. The molecule has 0 aliphatic carbocycles. The van der Waals surface area contributed by atoms with Crippen LogP contribution in [-0.2, 0) is 14.8 Å². The Morgan fingerprint density at radius 1 is 0.944 bits per heavy atom. The lowest BCUT2D eigenvalue weighted by atomic mass is 10.3. The van der Waals surface area contributed by atoms with Crippen molar-refractivity contribution in [2.75, 3.05) is 42.5 Å². The number of benzene rings is 2. The second-order valence-electron chi connectivity index (χ2n) is 8.75. The van der Waals surface area contributed by atoms with Crippen molar-refractivity contribution < 1.29 is 17.9 Å². The molecular weight excluding hydrogens is 502 g/mol. The van der Waals surface area contributed by atoms with Crippen molar-refractivity contribution in [3.8, 4) is 11.5 Å². The van der Waals surface area contributed by atoms with E-state index in [0.29, 0.717) is 67.3 Å². The lowest BCUT2D eigenvalue weighted by Crippen LogP contribution is -2.48. The number of halogens is 1. The molecule has 3 heterocycles. The summed E-state index contributed by atoms with van der Waals surface area (Å²) in [7, 11) is -3.68. The number of nitrogens with two attached hydrogens (primary N) is 1. The Labute approximate surface area is 215 Å². The number of carbonyl (C=O) groups excluding carboxylic acids is 1. The molecule has 2 saturated heterocycles. The molecule has 3 aromatic rings. The van der Waals surface area contributed by atoms with Crippen LogP contribution in [-0.4, -0.2) is 62.4 Å². The highest BCUT2D eigenvalue weighted by Crippen LogP contribution is 2.29. The Morgan fingerprint density at radius 3 is 2.28 bits per heavy atom. The van der Waals surface area contributed by atoms with Crippen molar-refractivity contribution in [1.82, 2.24) is 9.29 Å². The fourth-order valence-corrected chi connectivity index (χ4v) is 6.01. The summed E-state index contributed by atoms with van der Waals surface area (Å²) in [6, 6.07) is 19.0. The Hall–Kier alpha value is -3.18. The molecule has 0 bridgehead atoms. The number of para-hydroxylation sites is 1. The van der Waals surface area contributed by atoms with Gasteiger partial charge in [-0.05, 0) is 36.4 Å². The lowest BCUT2D eigenvalue weighted by Gasteiger charge is -2.34. The molecule has 5 rings (SSSR count). The van der Waals surface area contributed by atoms with E-state index in [2.05, 4.69) is 4.98 Å². The molecule has 2 aliphatic heterocycles. The highest BCUT2D eigenvalue weighted by Gasteiger charge is 2.31. The topological polar surface area (TPSA) is 109 Å². The van der Waals surface area contributed by atoms with Gasteiger partial charge in [-0.3, -0.25) is 4.79 Å². The summed E-state index contributed by atoms with van der Waals surface area (Å²) in [6.07, 6.45) is 0.297. The molecule has 36 heavy (non-hydrogen) atoms. The zero-order valence-electron chi connectivity index (χ0n) is 19.5. The Balaban J connectivity index is 1.25. The Bertz CT molecular complexity index is 1350. The van der Waals surface area contributed by atoms with E-state index in [-0.39, 0.29) is 16.8 Å². The number of amides is 1. The molecule has 188 valence electrons. The van der Waals surface area contributed by atoms with E-state index in [4.69, 9.17) is 22.1 Å². The highest BCUT2D eigenvalue weighted by molar-refractivity contribution is 7.89. The molecule has 2 fully saturated rings. The standard InChI is InChI=1S/C25H26ClN5O4S/c26-23-15-21(35-20-4-2-1-3-5-20)16-24(28-23)29-10-12-30(13-11-29)36(33,34)22-8-6-19(7-9-22)31-17-18(27)14-25(31)32/h1-9,15-16,18H,10-14,17,27H2. The maximum Gasteiger partial charge on any atom is 0.243 e. The number of aromatic nitrogens is 1. The average Bonchev–Trinajstić information content (AvgIpc) is 3.22. The number of pyridine rings is 1. The largest absolute Gasteiger partial charge is 0.457 e. The van der Waals surface area contributed by atoms with Gasteiger partial charge in [-0.2, -0.15) is 4.31 Å².